The molecule has 174 valence electrons. The number of benzene rings is 2. The SMILES string of the molecule is CS(C)(=O)(O)c1cccc(Nc2ncc(F)c(N(CCCO)c3cccc4[nH]ncc34)n2)c1. The standard InChI is InChI=1S/C22H25FN6O3S/c1-33(2,31,32)16-7-3-6-15(12-16)26-22-24-14-18(23)21(27-22)29(10-5-11-30)20-9-4-8-19-17(20)13-25-28-19/h3-4,6-9,12-14,30H,5,10-11H2,1-2H3,(H,25,28)(H,31,32)(H,24,26,27). The Balaban J connectivity index is 1.73. The van der Waals surface area contributed by atoms with Crippen LogP contribution in [0.4, 0.5) is 27.5 Å². The molecule has 0 atom stereocenters. The largest absolute Gasteiger partial charge is 0.396 e. The number of halogens is 1. The first-order valence-electron chi connectivity index (χ1n) is 10.2. The molecular weight excluding hydrogens is 447 g/mol. The number of anilines is 4. The van der Waals surface area contributed by atoms with Crippen LogP contribution < -0.4 is 10.2 Å². The molecule has 0 aliphatic carbocycles. The van der Waals surface area contributed by atoms with E-state index in [-0.39, 0.29) is 23.3 Å². The van der Waals surface area contributed by atoms with E-state index in [9.17, 15) is 18.3 Å². The molecule has 2 aromatic carbocycles. The number of hydrogen-bond donors (Lipinski definition) is 4. The monoisotopic (exact) mass is 472 g/mol. The van der Waals surface area contributed by atoms with Crippen LogP contribution in [0.1, 0.15) is 6.42 Å². The van der Waals surface area contributed by atoms with Gasteiger partial charge >= 0.3 is 0 Å². The van der Waals surface area contributed by atoms with Gasteiger partial charge in [0.25, 0.3) is 0 Å². The second-order valence-corrected chi connectivity index (χ2v) is 12.1. The normalized spacial score (nSPS) is 12.9. The maximum absolute atomic E-state index is 14.9. The zero-order chi connectivity index (χ0) is 23.7. The van der Waals surface area contributed by atoms with Crippen LogP contribution in [0.25, 0.3) is 10.9 Å². The van der Waals surface area contributed by atoms with Gasteiger partial charge in [-0.1, -0.05) is 12.1 Å². The van der Waals surface area contributed by atoms with Gasteiger partial charge in [0.1, 0.15) is 0 Å². The van der Waals surface area contributed by atoms with E-state index in [0.29, 0.717) is 24.3 Å². The average Bonchev–Trinajstić information content (AvgIpc) is 3.25. The molecule has 11 heteroatoms. The molecule has 0 saturated carbocycles. The molecule has 0 aliphatic rings. The number of nitrogens with zero attached hydrogens (tertiary/aromatic N) is 4. The zero-order valence-corrected chi connectivity index (χ0v) is 19.0. The van der Waals surface area contributed by atoms with Crippen molar-refractivity contribution in [2.24, 2.45) is 0 Å². The van der Waals surface area contributed by atoms with E-state index in [0.717, 1.165) is 17.1 Å². The summed E-state index contributed by atoms with van der Waals surface area (Å²) >= 11 is 0. The van der Waals surface area contributed by atoms with Crippen molar-refractivity contribution in [2.45, 2.75) is 11.3 Å². The fourth-order valence-corrected chi connectivity index (χ4v) is 4.36. The smallest absolute Gasteiger partial charge is 0.229 e. The Labute approximate surface area is 189 Å². The molecule has 4 rings (SSSR count). The summed E-state index contributed by atoms with van der Waals surface area (Å²) in [6.45, 7) is 0.238. The van der Waals surface area contributed by atoms with Crippen LogP contribution in [0, 0.1) is 5.82 Å². The van der Waals surface area contributed by atoms with Gasteiger partial charge in [0, 0.05) is 36.7 Å². The molecule has 4 aromatic rings. The van der Waals surface area contributed by atoms with Crippen molar-refractivity contribution < 1.29 is 18.3 Å². The van der Waals surface area contributed by atoms with Gasteiger partial charge in [-0.05, 0) is 36.8 Å². The highest BCUT2D eigenvalue weighted by Gasteiger charge is 2.21. The zero-order valence-electron chi connectivity index (χ0n) is 18.2. The third kappa shape index (κ3) is 5.00. The lowest BCUT2D eigenvalue weighted by atomic mass is 10.2. The molecule has 0 unspecified atom stereocenters. The number of aliphatic hydroxyl groups excluding tert-OH is 1. The number of hydrogen-bond acceptors (Lipinski definition) is 7. The second kappa shape index (κ2) is 8.50. The Bertz CT molecular complexity index is 1360. The maximum Gasteiger partial charge on any atom is 0.229 e. The molecule has 2 heterocycles. The van der Waals surface area contributed by atoms with Crippen LogP contribution in [-0.2, 0) is 9.35 Å². The minimum atomic E-state index is -3.94. The fourth-order valence-electron chi connectivity index (χ4n) is 3.43. The summed E-state index contributed by atoms with van der Waals surface area (Å²) in [5.41, 5.74) is 1.95. The van der Waals surface area contributed by atoms with Crippen molar-refractivity contribution in [2.75, 3.05) is 35.9 Å². The molecule has 0 fully saturated rings. The molecule has 0 radical (unpaired) electrons. The molecule has 0 spiro atoms. The highest BCUT2D eigenvalue weighted by atomic mass is 32.3. The fraction of sp³-hybridized carbons (Fsp3) is 0.227. The van der Waals surface area contributed by atoms with Gasteiger partial charge in [-0.25, -0.2) is 13.6 Å². The van der Waals surface area contributed by atoms with Crippen LogP contribution in [0.15, 0.2) is 59.8 Å². The highest BCUT2D eigenvalue weighted by molar-refractivity contribution is 8.14. The van der Waals surface area contributed by atoms with Crippen LogP contribution >= 0.6 is 0 Å². The summed E-state index contributed by atoms with van der Waals surface area (Å²) in [5, 5.41) is 20.1. The first-order valence-corrected chi connectivity index (χ1v) is 12.9. The lowest BCUT2D eigenvalue weighted by Crippen LogP contribution is -2.28. The van der Waals surface area contributed by atoms with Gasteiger partial charge in [-0.2, -0.15) is 19.4 Å². The topological polar surface area (TPSA) is 127 Å². The van der Waals surface area contributed by atoms with E-state index in [2.05, 4.69) is 25.5 Å². The van der Waals surface area contributed by atoms with Crippen molar-refractivity contribution in [3.63, 3.8) is 0 Å². The quantitative estimate of drug-likeness (QED) is 0.306. The summed E-state index contributed by atoms with van der Waals surface area (Å²) in [7, 11) is -3.94. The van der Waals surface area contributed by atoms with Crippen molar-refractivity contribution in [1.29, 1.82) is 0 Å². The summed E-state index contributed by atoms with van der Waals surface area (Å²) in [6.07, 6.45) is 5.66. The van der Waals surface area contributed by atoms with Crippen LogP contribution in [-0.4, -0.2) is 59.7 Å². The Hall–Kier alpha value is -3.41. The molecule has 33 heavy (non-hydrogen) atoms. The molecule has 2 aromatic heterocycles. The molecule has 0 amide bonds. The first-order chi connectivity index (χ1) is 15.6. The number of aromatic amines is 1. The molecule has 9 nitrogen and oxygen atoms in total. The summed E-state index contributed by atoms with van der Waals surface area (Å²) < 4.78 is 37.7. The van der Waals surface area contributed by atoms with Crippen LogP contribution in [0.2, 0.25) is 0 Å². The van der Waals surface area contributed by atoms with E-state index in [1.807, 2.05) is 18.2 Å². The van der Waals surface area contributed by atoms with Gasteiger partial charge in [0.15, 0.2) is 11.6 Å². The number of aromatic nitrogens is 4. The van der Waals surface area contributed by atoms with Crippen molar-refractivity contribution in [1.82, 2.24) is 20.2 Å². The Morgan fingerprint density at radius 1 is 1.18 bits per heavy atom. The van der Waals surface area contributed by atoms with Gasteiger partial charge in [0.2, 0.25) is 5.95 Å². The second-order valence-electron chi connectivity index (χ2n) is 8.12. The minimum Gasteiger partial charge on any atom is -0.396 e. The summed E-state index contributed by atoms with van der Waals surface area (Å²) in [5.74, 6) is -0.486. The maximum atomic E-state index is 14.9. The average molecular weight is 473 g/mol. The van der Waals surface area contributed by atoms with E-state index in [4.69, 9.17) is 0 Å². The number of rotatable bonds is 8. The van der Waals surface area contributed by atoms with Crippen molar-refractivity contribution >= 4 is 43.4 Å². The van der Waals surface area contributed by atoms with Gasteiger partial charge in [-0.15, -0.1) is 0 Å². The van der Waals surface area contributed by atoms with Crippen molar-refractivity contribution in [3.8, 4) is 0 Å². The Kier molecular flexibility index (Phi) is 5.87. The predicted molar refractivity (Wildman–Crippen MR) is 127 cm³/mol. The number of fused-ring (bicyclic) bond motifs is 1. The summed E-state index contributed by atoms with van der Waals surface area (Å²) in [4.78, 5) is 10.3. The third-order valence-corrected chi connectivity index (χ3v) is 6.64. The van der Waals surface area contributed by atoms with E-state index >= 15 is 0 Å². The number of H-pyrrole nitrogens is 1. The lowest BCUT2D eigenvalue weighted by molar-refractivity contribution is 0.290. The van der Waals surface area contributed by atoms with Crippen molar-refractivity contribution in [3.05, 3.63) is 60.7 Å². The third-order valence-electron chi connectivity index (χ3n) is 5.04. The molecule has 0 aliphatic heterocycles. The van der Waals surface area contributed by atoms with Crippen LogP contribution in [0.5, 0.6) is 0 Å². The van der Waals surface area contributed by atoms with E-state index in [1.54, 1.807) is 29.3 Å². The predicted octanol–water partition coefficient (Wildman–Crippen LogP) is 3.67. The minimum absolute atomic E-state index is 0.0286. The van der Waals surface area contributed by atoms with Gasteiger partial charge in [-0.3, -0.25) is 9.65 Å². The van der Waals surface area contributed by atoms with Gasteiger partial charge < -0.3 is 15.3 Å². The summed E-state index contributed by atoms with van der Waals surface area (Å²) in [6, 6.07) is 12.0. The number of aliphatic hydroxyl groups is 1. The molecule has 0 saturated heterocycles. The molecular formula is C22H25FN6O3S. The van der Waals surface area contributed by atoms with Crippen LogP contribution in [0.3, 0.4) is 0 Å². The van der Waals surface area contributed by atoms with E-state index in [1.165, 1.54) is 18.6 Å². The highest BCUT2D eigenvalue weighted by Crippen LogP contribution is 2.33. The first kappa shape index (κ1) is 22.8. The van der Waals surface area contributed by atoms with E-state index < -0.39 is 15.2 Å². The Morgan fingerprint density at radius 2 is 1.97 bits per heavy atom. The Morgan fingerprint density at radius 3 is 2.73 bits per heavy atom. The molecule has 0 bridgehead atoms. The molecule has 4 N–H and O–H groups in total. The number of nitrogens with one attached hydrogen (secondary N) is 2. The lowest BCUT2D eigenvalue weighted by Gasteiger charge is -2.34. The van der Waals surface area contributed by atoms with Gasteiger partial charge in [0.05, 0.1) is 28.5 Å².